The van der Waals surface area contributed by atoms with Crippen LogP contribution in [0.4, 0.5) is 5.69 Å². The summed E-state index contributed by atoms with van der Waals surface area (Å²) in [6.07, 6.45) is 5.03. The van der Waals surface area contributed by atoms with Crippen LogP contribution in [0.25, 0.3) is 0 Å². The van der Waals surface area contributed by atoms with Crippen molar-refractivity contribution in [3.63, 3.8) is 0 Å². The number of benzene rings is 4. The topological polar surface area (TPSA) is 96.0 Å². The molecule has 12 heteroatoms. The average molecular weight is 802 g/mol. The van der Waals surface area contributed by atoms with Crippen LogP contribution in [0.3, 0.4) is 0 Å². The first-order chi connectivity index (χ1) is 24.1. The molecule has 4 aromatic carbocycles. The molecule has 5 rings (SSSR count). The Kier molecular flexibility index (Phi) is 13.2. The number of hydrogen-bond donors (Lipinski definition) is 1. The first-order valence-corrected chi connectivity index (χ1v) is 19.6. The number of carbonyl (C=O) groups is 2. The van der Waals surface area contributed by atoms with Crippen molar-refractivity contribution in [3.05, 3.63) is 123 Å². The summed E-state index contributed by atoms with van der Waals surface area (Å²) < 4.78 is 36.0. The molecule has 0 heterocycles. The van der Waals surface area contributed by atoms with Gasteiger partial charge < -0.3 is 15.0 Å². The molecule has 8 nitrogen and oxygen atoms in total. The standard InChI is InChI=1S/C38H40BrCl2N3O5S/c1-2-49-31-20-18-30(19-21-31)44(50(47,48)32-22-16-28(39)17-23-32)26-37(45)43(25-33-34(40)14-9-15-35(33)41)36(24-27-10-5-3-6-11-27)38(46)42-29-12-7-4-8-13-29/h3,5-6,9-11,14-23,29,36H,2,4,7-8,12-13,24-26H2,1H3,(H,42,46)/t36-/m0/s1. The number of carbonyl (C=O) groups excluding carboxylic acids is 2. The van der Waals surface area contributed by atoms with Gasteiger partial charge in [0.05, 0.1) is 17.2 Å². The Bertz CT molecular complexity index is 1840. The van der Waals surface area contributed by atoms with Crippen LogP contribution in [0.2, 0.25) is 10.0 Å². The Morgan fingerprint density at radius 2 is 1.52 bits per heavy atom. The monoisotopic (exact) mass is 799 g/mol. The molecule has 0 aromatic heterocycles. The van der Waals surface area contributed by atoms with Crippen LogP contribution in [0.1, 0.15) is 50.2 Å². The molecule has 0 radical (unpaired) electrons. The van der Waals surface area contributed by atoms with Crippen LogP contribution in [0, 0.1) is 0 Å². The van der Waals surface area contributed by atoms with E-state index in [1.807, 2.05) is 37.3 Å². The van der Waals surface area contributed by atoms with Crippen molar-refractivity contribution in [1.82, 2.24) is 10.2 Å². The molecule has 0 unspecified atom stereocenters. The second-order valence-corrected chi connectivity index (χ2v) is 15.8. The van der Waals surface area contributed by atoms with E-state index >= 15 is 0 Å². The summed E-state index contributed by atoms with van der Waals surface area (Å²) in [5.41, 5.74) is 1.55. The molecule has 264 valence electrons. The molecule has 1 aliphatic carbocycles. The summed E-state index contributed by atoms with van der Waals surface area (Å²) in [5.74, 6) is -0.364. The van der Waals surface area contributed by atoms with Crippen LogP contribution >= 0.6 is 39.1 Å². The maximum atomic E-state index is 14.8. The zero-order valence-electron chi connectivity index (χ0n) is 27.7. The second kappa shape index (κ2) is 17.6. The molecule has 4 aromatic rings. The van der Waals surface area contributed by atoms with E-state index in [1.165, 1.54) is 17.0 Å². The van der Waals surface area contributed by atoms with Gasteiger partial charge in [-0.1, -0.05) is 94.8 Å². The van der Waals surface area contributed by atoms with Gasteiger partial charge in [-0.3, -0.25) is 13.9 Å². The number of nitrogens with zero attached hydrogens (tertiary/aromatic N) is 2. The van der Waals surface area contributed by atoms with E-state index in [1.54, 1.807) is 54.6 Å². The molecule has 2 amide bonds. The largest absolute Gasteiger partial charge is 0.494 e. The summed E-state index contributed by atoms with van der Waals surface area (Å²) in [6.45, 7) is 1.57. The number of anilines is 1. The van der Waals surface area contributed by atoms with Gasteiger partial charge in [-0.25, -0.2) is 8.42 Å². The van der Waals surface area contributed by atoms with Crippen LogP contribution in [-0.4, -0.2) is 50.4 Å². The van der Waals surface area contributed by atoms with Crippen LogP contribution in [0.5, 0.6) is 5.75 Å². The van der Waals surface area contributed by atoms with E-state index < -0.39 is 28.5 Å². The van der Waals surface area contributed by atoms with E-state index in [0.717, 1.165) is 42.0 Å². The Hall–Kier alpha value is -3.57. The fourth-order valence-electron chi connectivity index (χ4n) is 6.09. The minimum atomic E-state index is -4.27. The lowest BCUT2D eigenvalue weighted by molar-refractivity contribution is -0.140. The average Bonchev–Trinajstić information content (AvgIpc) is 3.11. The van der Waals surface area contributed by atoms with Crippen LogP contribution in [0.15, 0.2) is 106 Å². The van der Waals surface area contributed by atoms with E-state index in [2.05, 4.69) is 21.2 Å². The Morgan fingerprint density at radius 1 is 0.880 bits per heavy atom. The van der Waals surface area contributed by atoms with Gasteiger partial charge in [0.1, 0.15) is 18.3 Å². The van der Waals surface area contributed by atoms with E-state index in [-0.39, 0.29) is 35.5 Å². The highest BCUT2D eigenvalue weighted by Gasteiger charge is 2.36. The van der Waals surface area contributed by atoms with Gasteiger partial charge in [-0.05, 0) is 86.0 Å². The fourth-order valence-corrected chi connectivity index (χ4v) is 8.29. The van der Waals surface area contributed by atoms with Crippen molar-refractivity contribution in [3.8, 4) is 5.75 Å². The van der Waals surface area contributed by atoms with Crippen molar-refractivity contribution in [2.45, 2.75) is 69.0 Å². The van der Waals surface area contributed by atoms with Crippen molar-refractivity contribution >= 4 is 66.7 Å². The van der Waals surface area contributed by atoms with Gasteiger partial charge in [-0.15, -0.1) is 0 Å². The number of amides is 2. The first-order valence-electron chi connectivity index (χ1n) is 16.6. The SMILES string of the molecule is CCOc1ccc(N(CC(=O)N(Cc2c(Cl)cccc2Cl)[C@@H](Cc2ccccc2)C(=O)NC2CCCCC2)S(=O)(=O)c2ccc(Br)cc2)cc1. The van der Waals surface area contributed by atoms with Gasteiger partial charge in [0.15, 0.2) is 0 Å². The van der Waals surface area contributed by atoms with Gasteiger partial charge >= 0.3 is 0 Å². The zero-order chi connectivity index (χ0) is 35.7. The van der Waals surface area contributed by atoms with Crippen molar-refractivity contribution < 1.29 is 22.7 Å². The quantitative estimate of drug-likeness (QED) is 0.138. The molecule has 1 fully saturated rings. The smallest absolute Gasteiger partial charge is 0.264 e. The summed E-state index contributed by atoms with van der Waals surface area (Å²) in [4.78, 5) is 30.5. The number of hydrogen-bond acceptors (Lipinski definition) is 5. The van der Waals surface area contributed by atoms with Crippen molar-refractivity contribution in [2.24, 2.45) is 0 Å². The maximum Gasteiger partial charge on any atom is 0.264 e. The van der Waals surface area contributed by atoms with E-state index in [9.17, 15) is 18.0 Å². The maximum absolute atomic E-state index is 14.8. The third-order valence-corrected chi connectivity index (χ3v) is 11.8. The summed E-state index contributed by atoms with van der Waals surface area (Å²) in [5, 5.41) is 3.86. The molecular weight excluding hydrogens is 761 g/mol. The summed E-state index contributed by atoms with van der Waals surface area (Å²) >= 11 is 16.7. The molecule has 1 aliphatic rings. The van der Waals surface area contributed by atoms with Crippen molar-refractivity contribution in [2.75, 3.05) is 17.5 Å². The summed E-state index contributed by atoms with van der Waals surface area (Å²) in [6, 6.07) is 26.2. The third kappa shape index (κ3) is 9.60. The zero-order valence-corrected chi connectivity index (χ0v) is 31.6. The second-order valence-electron chi connectivity index (χ2n) is 12.2. The number of sulfonamides is 1. The predicted octanol–water partition coefficient (Wildman–Crippen LogP) is 8.44. The van der Waals surface area contributed by atoms with E-state index in [4.69, 9.17) is 27.9 Å². The predicted molar refractivity (Wildman–Crippen MR) is 202 cm³/mol. The van der Waals surface area contributed by atoms with Gasteiger partial charge in [0.2, 0.25) is 11.8 Å². The normalized spacial score (nSPS) is 14.1. The lowest BCUT2D eigenvalue weighted by Gasteiger charge is -2.35. The van der Waals surface area contributed by atoms with Crippen molar-refractivity contribution in [1.29, 1.82) is 0 Å². The lowest BCUT2D eigenvalue weighted by atomic mass is 9.94. The molecule has 0 spiro atoms. The Morgan fingerprint density at radius 3 is 2.14 bits per heavy atom. The minimum absolute atomic E-state index is 0.000963. The number of rotatable bonds is 14. The fraction of sp³-hybridized carbons (Fsp3) is 0.316. The first kappa shape index (κ1) is 37.7. The number of ether oxygens (including phenoxy) is 1. The van der Waals surface area contributed by atoms with Gasteiger partial charge in [0.25, 0.3) is 10.0 Å². The molecule has 1 N–H and O–H groups in total. The van der Waals surface area contributed by atoms with Gasteiger partial charge in [0, 0.05) is 39.1 Å². The number of nitrogens with one attached hydrogen (secondary N) is 1. The molecule has 50 heavy (non-hydrogen) atoms. The highest BCUT2D eigenvalue weighted by molar-refractivity contribution is 9.10. The highest BCUT2D eigenvalue weighted by atomic mass is 79.9. The lowest BCUT2D eigenvalue weighted by Crippen LogP contribution is -2.55. The van der Waals surface area contributed by atoms with Crippen LogP contribution < -0.4 is 14.4 Å². The molecule has 1 saturated carbocycles. The summed E-state index contributed by atoms with van der Waals surface area (Å²) in [7, 11) is -4.27. The Labute approximate surface area is 312 Å². The molecular formula is C38H40BrCl2N3O5S. The molecule has 1 atom stereocenters. The molecule has 0 saturated heterocycles. The minimum Gasteiger partial charge on any atom is -0.494 e. The Balaban J connectivity index is 1.59. The highest BCUT2D eigenvalue weighted by Crippen LogP contribution is 2.30. The number of halogens is 3. The molecule has 0 bridgehead atoms. The van der Waals surface area contributed by atoms with Gasteiger partial charge in [-0.2, -0.15) is 0 Å². The van der Waals surface area contributed by atoms with E-state index in [0.29, 0.717) is 32.4 Å². The van der Waals surface area contributed by atoms with Crippen LogP contribution in [-0.2, 0) is 32.6 Å². The third-order valence-electron chi connectivity index (χ3n) is 8.73. The molecule has 0 aliphatic heterocycles.